The predicted molar refractivity (Wildman–Crippen MR) is 116 cm³/mol. The molecule has 0 spiro atoms. The number of nitrogens with one attached hydrogen (secondary N) is 1. The molecule has 0 saturated heterocycles. The number of ether oxygens (including phenoxy) is 1. The third kappa shape index (κ3) is 6.76. The summed E-state index contributed by atoms with van der Waals surface area (Å²) in [4.78, 5) is 22.5. The molecule has 1 amide bonds. The van der Waals surface area contributed by atoms with Crippen LogP contribution in [0.3, 0.4) is 0 Å². The molecule has 0 aliphatic heterocycles. The number of carbonyl (C=O) groups is 1. The SMILES string of the molecule is CNC(=O)/C(=N/OC)c1ccccc1CO/N=C(/C#Cc1ccc(C)cc1)COC. The van der Waals surface area contributed by atoms with Gasteiger partial charge in [0.25, 0.3) is 5.91 Å². The van der Waals surface area contributed by atoms with E-state index in [0.29, 0.717) is 11.3 Å². The lowest BCUT2D eigenvalue weighted by atomic mass is 10.0. The number of likely N-dealkylation sites (N-methyl/N-ethyl adjacent to an activating group) is 1. The molecule has 0 atom stereocenters. The molecule has 2 rings (SSSR count). The number of benzene rings is 2. The first-order chi connectivity index (χ1) is 14.6. The summed E-state index contributed by atoms with van der Waals surface area (Å²) in [5.41, 5.74) is 3.96. The van der Waals surface area contributed by atoms with Crippen molar-refractivity contribution in [1.82, 2.24) is 5.32 Å². The van der Waals surface area contributed by atoms with Gasteiger partial charge < -0.3 is 19.7 Å². The third-order valence-electron chi connectivity index (χ3n) is 3.98. The Morgan fingerprint density at radius 2 is 1.80 bits per heavy atom. The molecule has 1 N–H and O–H groups in total. The number of amides is 1. The van der Waals surface area contributed by atoms with Crippen LogP contribution in [0.25, 0.3) is 0 Å². The van der Waals surface area contributed by atoms with Crippen LogP contribution in [0.4, 0.5) is 0 Å². The van der Waals surface area contributed by atoms with Crippen LogP contribution < -0.4 is 5.32 Å². The summed E-state index contributed by atoms with van der Waals surface area (Å²) >= 11 is 0. The van der Waals surface area contributed by atoms with Gasteiger partial charge in [-0.3, -0.25) is 4.79 Å². The van der Waals surface area contributed by atoms with E-state index < -0.39 is 0 Å². The van der Waals surface area contributed by atoms with Gasteiger partial charge in [0, 0.05) is 30.8 Å². The van der Waals surface area contributed by atoms with Crippen LogP contribution in [0.15, 0.2) is 58.8 Å². The van der Waals surface area contributed by atoms with E-state index in [2.05, 4.69) is 27.5 Å². The highest BCUT2D eigenvalue weighted by molar-refractivity contribution is 6.45. The van der Waals surface area contributed by atoms with Gasteiger partial charge >= 0.3 is 0 Å². The molecule has 0 aliphatic rings. The standard InChI is InChI=1S/C23H25N3O4/c1-17-9-11-18(12-10-17)13-14-20(16-28-3)25-30-15-19-7-5-6-8-21(19)22(26-29-4)23(27)24-2/h5-12H,15-16H2,1-4H3,(H,24,27)/b25-20-,26-22+. The summed E-state index contributed by atoms with van der Waals surface area (Å²) in [6.45, 7) is 2.36. The highest BCUT2D eigenvalue weighted by Crippen LogP contribution is 2.13. The van der Waals surface area contributed by atoms with Crippen molar-refractivity contribution in [3.8, 4) is 11.8 Å². The highest BCUT2D eigenvalue weighted by Gasteiger charge is 2.17. The van der Waals surface area contributed by atoms with E-state index >= 15 is 0 Å². The minimum absolute atomic E-state index is 0.120. The second-order valence-corrected chi connectivity index (χ2v) is 6.22. The molecule has 0 aliphatic carbocycles. The molecule has 156 valence electrons. The van der Waals surface area contributed by atoms with E-state index in [-0.39, 0.29) is 24.8 Å². The van der Waals surface area contributed by atoms with E-state index in [4.69, 9.17) is 14.4 Å². The van der Waals surface area contributed by atoms with Crippen molar-refractivity contribution < 1.29 is 19.2 Å². The number of carbonyl (C=O) groups excluding carboxylic acids is 1. The molecule has 7 heteroatoms. The van der Waals surface area contributed by atoms with Gasteiger partial charge in [0.2, 0.25) is 0 Å². The molecule has 0 fully saturated rings. The zero-order chi connectivity index (χ0) is 21.8. The number of rotatable bonds is 8. The smallest absolute Gasteiger partial charge is 0.273 e. The Labute approximate surface area is 176 Å². The molecule has 0 unspecified atom stereocenters. The lowest BCUT2D eigenvalue weighted by Gasteiger charge is -2.10. The van der Waals surface area contributed by atoms with Crippen molar-refractivity contribution in [2.24, 2.45) is 10.3 Å². The number of nitrogens with zero attached hydrogens (tertiary/aromatic N) is 2. The molecular weight excluding hydrogens is 382 g/mol. The van der Waals surface area contributed by atoms with Crippen LogP contribution >= 0.6 is 0 Å². The maximum atomic E-state index is 12.1. The Bertz CT molecular complexity index is 970. The fraction of sp³-hybridized carbons (Fsp3) is 0.261. The van der Waals surface area contributed by atoms with E-state index in [1.165, 1.54) is 19.7 Å². The summed E-state index contributed by atoms with van der Waals surface area (Å²) in [5.74, 6) is 5.65. The topological polar surface area (TPSA) is 81.5 Å². The maximum Gasteiger partial charge on any atom is 0.273 e. The number of methoxy groups -OCH3 is 1. The van der Waals surface area contributed by atoms with Crippen molar-refractivity contribution in [1.29, 1.82) is 0 Å². The Morgan fingerprint density at radius 3 is 2.47 bits per heavy atom. The second kappa shape index (κ2) is 12.0. The van der Waals surface area contributed by atoms with Gasteiger partial charge in [-0.1, -0.05) is 58.2 Å². The number of hydrogen-bond acceptors (Lipinski definition) is 6. The minimum atomic E-state index is -0.364. The van der Waals surface area contributed by atoms with Crippen LogP contribution in [-0.2, 0) is 25.8 Å². The number of oxime groups is 2. The van der Waals surface area contributed by atoms with Gasteiger partial charge in [-0.2, -0.15) is 0 Å². The van der Waals surface area contributed by atoms with E-state index in [1.807, 2.05) is 43.3 Å². The summed E-state index contributed by atoms with van der Waals surface area (Å²) in [6, 6.07) is 15.1. The van der Waals surface area contributed by atoms with E-state index in [1.54, 1.807) is 19.2 Å². The van der Waals surface area contributed by atoms with Gasteiger partial charge in [-0.15, -0.1) is 0 Å². The molecule has 0 saturated carbocycles. The Kier molecular flexibility index (Phi) is 9.10. The van der Waals surface area contributed by atoms with Gasteiger partial charge in [0.1, 0.15) is 13.7 Å². The zero-order valence-electron chi connectivity index (χ0n) is 17.6. The molecular formula is C23H25N3O4. The maximum absolute atomic E-state index is 12.1. The van der Waals surface area contributed by atoms with E-state index in [0.717, 1.165) is 11.1 Å². The van der Waals surface area contributed by atoms with E-state index in [9.17, 15) is 4.79 Å². The van der Waals surface area contributed by atoms with Crippen molar-refractivity contribution in [2.45, 2.75) is 13.5 Å². The number of aryl methyl sites for hydroxylation is 1. The molecule has 0 aromatic heterocycles. The fourth-order valence-corrected chi connectivity index (χ4v) is 2.48. The Hall–Kier alpha value is -3.63. The van der Waals surface area contributed by atoms with Crippen LogP contribution in [0.1, 0.15) is 22.3 Å². The van der Waals surface area contributed by atoms with Crippen LogP contribution in [0.5, 0.6) is 0 Å². The fourth-order valence-electron chi connectivity index (χ4n) is 2.48. The first-order valence-electron chi connectivity index (χ1n) is 9.27. The van der Waals surface area contributed by atoms with Crippen molar-refractivity contribution in [3.63, 3.8) is 0 Å². The monoisotopic (exact) mass is 407 g/mol. The predicted octanol–water partition coefficient (Wildman–Crippen LogP) is 2.66. The first-order valence-corrected chi connectivity index (χ1v) is 9.27. The van der Waals surface area contributed by atoms with Gasteiger partial charge in [0.15, 0.2) is 11.4 Å². The van der Waals surface area contributed by atoms with Crippen molar-refractivity contribution >= 4 is 17.3 Å². The van der Waals surface area contributed by atoms with Gasteiger partial charge in [-0.25, -0.2) is 0 Å². The molecule has 7 nitrogen and oxygen atoms in total. The zero-order valence-corrected chi connectivity index (χ0v) is 17.6. The van der Waals surface area contributed by atoms with Crippen molar-refractivity contribution in [3.05, 3.63) is 70.8 Å². The average Bonchev–Trinajstić information content (AvgIpc) is 2.77. The molecule has 2 aromatic rings. The normalized spacial score (nSPS) is 11.3. The Morgan fingerprint density at radius 1 is 1.07 bits per heavy atom. The molecule has 2 aromatic carbocycles. The van der Waals surface area contributed by atoms with Gasteiger partial charge in [0.05, 0.1) is 6.61 Å². The molecule has 30 heavy (non-hydrogen) atoms. The van der Waals surface area contributed by atoms with Gasteiger partial charge in [-0.05, 0) is 25.0 Å². The molecule has 0 bridgehead atoms. The van der Waals surface area contributed by atoms with Crippen molar-refractivity contribution in [2.75, 3.05) is 27.9 Å². The second-order valence-electron chi connectivity index (χ2n) is 6.22. The Balaban J connectivity index is 2.18. The minimum Gasteiger partial charge on any atom is -0.398 e. The average molecular weight is 407 g/mol. The molecule has 0 radical (unpaired) electrons. The summed E-state index contributed by atoms with van der Waals surface area (Å²) < 4.78 is 5.15. The first kappa shape index (κ1) is 22.7. The largest absolute Gasteiger partial charge is 0.398 e. The van der Waals surface area contributed by atoms with Crippen LogP contribution in [0.2, 0.25) is 0 Å². The highest BCUT2D eigenvalue weighted by atomic mass is 16.6. The molecule has 0 heterocycles. The van der Waals surface area contributed by atoms with Crippen LogP contribution in [0, 0.1) is 18.8 Å². The third-order valence-corrected chi connectivity index (χ3v) is 3.98. The lowest BCUT2D eigenvalue weighted by molar-refractivity contribution is -0.114. The summed E-state index contributed by atoms with van der Waals surface area (Å²) in [6.07, 6.45) is 0. The summed E-state index contributed by atoms with van der Waals surface area (Å²) in [7, 11) is 4.48. The lowest BCUT2D eigenvalue weighted by Crippen LogP contribution is -2.29. The van der Waals surface area contributed by atoms with Crippen LogP contribution in [-0.4, -0.2) is 45.2 Å². The number of hydrogen-bond donors (Lipinski definition) is 1. The summed E-state index contributed by atoms with van der Waals surface area (Å²) in [5, 5.41) is 10.5. The quantitative estimate of drug-likeness (QED) is 0.414.